The van der Waals surface area contributed by atoms with E-state index in [4.69, 9.17) is 19.3 Å². The number of carbonyl (C=O) groups excluding carboxylic acids is 3. The molecule has 3 aliphatic rings. The Morgan fingerprint density at radius 3 is 2.63 bits per heavy atom. The Morgan fingerprint density at radius 1 is 1.06 bits per heavy atom. The summed E-state index contributed by atoms with van der Waals surface area (Å²) in [5.41, 5.74) is 1.55. The minimum atomic E-state index is -4.67. The van der Waals surface area contributed by atoms with Crippen molar-refractivity contribution in [3.63, 3.8) is 0 Å². The van der Waals surface area contributed by atoms with Crippen LogP contribution in [0.25, 0.3) is 10.9 Å². The quantitative estimate of drug-likeness (QED) is 0.188. The number of anilines is 1. The number of hydrogen-bond acceptors (Lipinski definition) is 9. The number of carbonyl (C=O) groups is 3. The highest BCUT2D eigenvalue weighted by atomic mass is 19.4. The van der Waals surface area contributed by atoms with Crippen LogP contribution in [0.1, 0.15) is 63.8 Å². The third-order valence-electron chi connectivity index (χ3n) is 9.95. The van der Waals surface area contributed by atoms with Crippen molar-refractivity contribution in [2.75, 3.05) is 51.9 Å². The summed E-state index contributed by atoms with van der Waals surface area (Å²) in [6, 6.07) is 11.6. The van der Waals surface area contributed by atoms with Gasteiger partial charge in [-0.25, -0.2) is 4.98 Å². The maximum atomic E-state index is 13.1. The van der Waals surface area contributed by atoms with Gasteiger partial charge in [0.2, 0.25) is 5.91 Å². The van der Waals surface area contributed by atoms with E-state index in [2.05, 4.69) is 27.1 Å². The molecule has 2 aromatic carbocycles. The highest BCUT2D eigenvalue weighted by Crippen LogP contribution is 2.34. The summed E-state index contributed by atoms with van der Waals surface area (Å²) < 4.78 is 58.5. The fraction of sp³-hybridized carbons (Fsp3) is 0.395. The van der Waals surface area contributed by atoms with Crippen LogP contribution in [0, 0.1) is 0 Å². The van der Waals surface area contributed by atoms with Crippen molar-refractivity contribution in [2.24, 2.45) is 0 Å². The molecule has 2 saturated heterocycles. The number of fused-ring (bicyclic) bond motifs is 2. The second-order valence-corrected chi connectivity index (χ2v) is 13.5. The summed E-state index contributed by atoms with van der Waals surface area (Å²) in [5.74, 6) is -0.163. The van der Waals surface area contributed by atoms with Crippen LogP contribution in [-0.4, -0.2) is 94.9 Å². The Balaban J connectivity index is 0.845. The number of methoxy groups -OCH3 is 1. The van der Waals surface area contributed by atoms with Gasteiger partial charge >= 0.3 is 6.18 Å². The van der Waals surface area contributed by atoms with E-state index in [1.54, 1.807) is 29.2 Å². The number of likely N-dealkylation sites (tertiary alicyclic amines) is 1. The molecule has 1 atom stereocenters. The van der Waals surface area contributed by atoms with E-state index in [1.807, 2.05) is 16.9 Å². The number of aromatic nitrogens is 3. The summed E-state index contributed by atoms with van der Waals surface area (Å²) in [7, 11) is 1.44. The van der Waals surface area contributed by atoms with Gasteiger partial charge in [-0.15, -0.1) is 0 Å². The molecule has 1 unspecified atom stereocenters. The van der Waals surface area contributed by atoms with E-state index >= 15 is 0 Å². The first-order chi connectivity index (χ1) is 26.0. The van der Waals surface area contributed by atoms with Gasteiger partial charge in [-0.05, 0) is 67.6 Å². The van der Waals surface area contributed by atoms with Crippen molar-refractivity contribution in [3.05, 3.63) is 89.5 Å². The molecule has 54 heavy (non-hydrogen) atoms. The molecule has 2 aromatic heterocycles. The highest BCUT2D eigenvalue weighted by Gasteiger charge is 2.38. The van der Waals surface area contributed by atoms with Gasteiger partial charge in [-0.3, -0.25) is 19.1 Å². The van der Waals surface area contributed by atoms with Gasteiger partial charge in [-0.1, -0.05) is 12.6 Å². The number of hydrogen-bond donors (Lipinski definition) is 2. The van der Waals surface area contributed by atoms with Crippen molar-refractivity contribution >= 4 is 34.3 Å². The smallest absolute Gasteiger partial charge is 0.433 e. The predicted molar refractivity (Wildman–Crippen MR) is 191 cm³/mol. The fourth-order valence-corrected chi connectivity index (χ4v) is 7.07. The number of halogens is 3. The molecule has 284 valence electrons. The maximum absolute atomic E-state index is 13.1. The molecule has 0 bridgehead atoms. The van der Waals surface area contributed by atoms with Crippen molar-refractivity contribution in [3.8, 4) is 11.5 Å². The lowest BCUT2D eigenvalue weighted by Gasteiger charge is -2.31. The van der Waals surface area contributed by atoms with Gasteiger partial charge < -0.3 is 34.6 Å². The van der Waals surface area contributed by atoms with E-state index in [0.717, 1.165) is 55.6 Å². The van der Waals surface area contributed by atoms with E-state index in [1.165, 1.54) is 13.2 Å². The van der Waals surface area contributed by atoms with Crippen LogP contribution in [-0.2, 0) is 22.3 Å². The SMILES string of the molecule is C=C1CCC(N2Cc3cc(OCCOCCN4CCC(n5cc6cc(NC(=O)c7cccc(C(F)(F)F)n7)c(OC)cc6n5)CC4)ccc3C2=O)C(=O)N1. The Hall–Kier alpha value is -5.48. The van der Waals surface area contributed by atoms with E-state index < -0.39 is 23.8 Å². The average molecular weight is 748 g/mol. The third kappa shape index (κ3) is 8.04. The molecule has 0 saturated carbocycles. The van der Waals surface area contributed by atoms with E-state index in [-0.39, 0.29) is 23.6 Å². The molecule has 2 N–H and O–H groups in total. The molecule has 2 fully saturated rings. The Bertz CT molecular complexity index is 2080. The number of piperidine rings is 2. The maximum Gasteiger partial charge on any atom is 0.433 e. The number of nitrogens with zero attached hydrogens (tertiary/aromatic N) is 5. The number of ether oxygens (including phenoxy) is 3. The molecule has 0 aliphatic carbocycles. The minimum Gasteiger partial charge on any atom is -0.494 e. The number of rotatable bonds is 12. The van der Waals surface area contributed by atoms with Crippen LogP contribution >= 0.6 is 0 Å². The number of nitrogens with one attached hydrogen (secondary N) is 2. The van der Waals surface area contributed by atoms with E-state index in [0.29, 0.717) is 73.2 Å². The molecular formula is C38H40F3N7O6. The standard InChI is InChI=1S/C38H40F3N7O6/c1-23-6-9-32(36(50)42-23)47-21-24-18-27(7-8-28(24)37(47)51)54-17-16-53-15-14-46-12-10-26(11-13-46)48-22-25-19-31(33(52-2)20-30(25)45-48)44-35(49)29-4-3-5-34(43-29)38(39,40)41/h3-5,7-8,18-20,22,26,32H,1,6,9-17,21H2,2H3,(H,42,50)(H,44,49). The Labute approximate surface area is 309 Å². The monoisotopic (exact) mass is 747 g/mol. The van der Waals surface area contributed by atoms with Gasteiger partial charge in [0.25, 0.3) is 11.8 Å². The highest BCUT2D eigenvalue weighted by molar-refractivity contribution is 6.05. The van der Waals surface area contributed by atoms with Crippen LogP contribution in [0.3, 0.4) is 0 Å². The summed E-state index contributed by atoms with van der Waals surface area (Å²) in [6.45, 7) is 7.98. The van der Waals surface area contributed by atoms with Gasteiger partial charge in [0.05, 0.1) is 37.6 Å². The average Bonchev–Trinajstić information content (AvgIpc) is 3.72. The molecule has 13 nitrogen and oxygen atoms in total. The first kappa shape index (κ1) is 36.9. The van der Waals surface area contributed by atoms with Crippen molar-refractivity contribution in [2.45, 2.75) is 50.5 Å². The van der Waals surface area contributed by atoms with Crippen LogP contribution in [0.2, 0.25) is 0 Å². The van der Waals surface area contributed by atoms with Gasteiger partial charge in [-0.2, -0.15) is 18.3 Å². The minimum absolute atomic E-state index is 0.147. The third-order valence-corrected chi connectivity index (χ3v) is 9.95. The van der Waals surface area contributed by atoms with Gasteiger partial charge in [0.1, 0.15) is 35.5 Å². The summed E-state index contributed by atoms with van der Waals surface area (Å²) >= 11 is 0. The Kier molecular flexibility index (Phi) is 10.6. The molecule has 7 rings (SSSR count). The van der Waals surface area contributed by atoms with Crippen LogP contribution in [0.15, 0.2) is 67.0 Å². The lowest BCUT2D eigenvalue weighted by molar-refractivity contribution is -0.141. The number of pyridine rings is 1. The lowest BCUT2D eigenvalue weighted by Crippen LogP contribution is -2.49. The zero-order valence-corrected chi connectivity index (χ0v) is 29.7. The molecule has 16 heteroatoms. The largest absolute Gasteiger partial charge is 0.494 e. The summed E-state index contributed by atoms with van der Waals surface area (Å²) in [6.07, 6.45) is 0.184. The number of amides is 3. The van der Waals surface area contributed by atoms with Crippen molar-refractivity contribution in [1.82, 2.24) is 29.9 Å². The van der Waals surface area contributed by atoms with Crippen LogP contribution < -0.4 is 20.1 Å². The van der Waals surface area contributed by atoms with Crippen LogP contribution in [0.5, 0.6) is 11.5 Å². The fourth-order valence-electron chi connectivity index (χ4n) is 7.07. The molecule has 0 radical (unpaired) electrons. The van der Waals surface area contributed by atoms with Gasteiger partial charge in [0.15, 0.2) is 0 Å². The van der Waals surface area contributed by atoms with Crippen molar-refractivity contribution in [1.29, 1.82) is 0 Å². The molecular weight excluding hydrogens is 707 g/mol. The number of alkyl halides is 3. The van der Waals surface area contributed by atoms with Crippen LogP contribution in [0.4, 0.5) is 18.9 Å². The summed E-state index contributed by atoms with van der Waals surface area (Å²) in [4.78, 5) is 45.7. The first-order valence-electron chi connectivity index (χ1n) is 17.7. The Morgan fingerprint density at radius 2 is 1.87 bits per heavy atom. The second kappa shape index (κ2) is 15.5. The van der Waals surface area contributed by atoms with Crippen molar-refractivity contribution < 1.29 is 41.8 Å². The molecule has 3 amide bonds. The molecule has 3 aliphatic heterocycles. The first-order valence-corrected chi connectivity index (χ1v) is 17.7. The lowest BCUT2D eigenvalue weighted by atomic mass is 10.0. The zero-order chi connectivity index (χ0) is 38.0. The van der Waals surface area contributed by atoms with E-state index in [9.17, 15) is 27.6 Å². The van der Waals surface area contributed by atoms with Gasteiger partial charge in [0, 0.05) is 55.1 Å². The summed E-state index contributed by atoms with van der Waals surface area (Å²) in [5, 5.41) is 10.9. The second-order valence-electron chi connectivity index (χ2n) is 13.5. The predicted octanol–water partition coefficient (Wildman–Crippen LogP) is 5.19. The molecule has 4 aromatic rings. The topological polar surface area (TPSA) is 140 Å². The zero-order valence-electron chi connectivity index (χ0n) is 29.7. The number of allylic oxidation sites excluding steroid dienone is 1. The molecule has 0 spiro atoms. The normalized spacial score (nSPS) is 18.2. The molecule has 5 heterocycles. The number of benzene rings is 2.